The number of aliphatic carboxylic acids is 2. The molecule has 2 rings (SSSR count). The van der Waals surface area contributed by atoms with Crippen LogP contribution in [0.5, 0.6) is 5.75 Å². The zero-order valence-electron chi connectivity index (χ0n) is 19.8. The topological polar surface area (TPSA) is 220 Å². The van der Waals surface area contributed by atoms with E-state index in [9.17, 15) is 39.3 Å². The average molecular weight is 509 g/mol. The number of phenols is 1. The second-order valence-electron chi connectivity index (χ2n) is 8.73. The van der Waals surface area contributed by atoms with Crippen LogP contribution in [0.1, 0.15) is 38.2 Å². The molecule has 0 aliphatic carbocycles. The number of rotatable bonds is 12. The fourth-order valence-electron chi connectivity index (χ4n) is 3.92. The van der Waals surface area contributed by atoms with Gasteiger partial charge in [-0.1, -0.05) is 12.1 Å². The number of nitrogens with one attached hydrogen (secondary N) is 2. The summed E-state index contributed by atoms with van der Waals surface area (Å²) in [6.07, 6.45) is -1.45. The minimum atomic E-state index is -1.52. The number of hydrogen-bond donors (Lipinski definition) is 7. The van der Waals surface area contributed by atoms with Crippen LogP contribution >= 0.6 is 0 Å². The van der Waals surface area contributed by atoms with Gasteiger partial charge in [0.25, 0.3) is 0 Å². The maximum Gasteiger partial charge on any atom is 0.326 e. The number of aromatic hydroxyl groups is 1. The summed E-state index contributed by atoms with van der Waals surface area (Å²) >= 11 is 0. The zero-order valence-corrected chi connectivity index (χ0v) is 19.8. The number of aliphatic hydroxyl groups excluding tert-OH is 1. The number of hydrogen-bond acceptors (Lipinski definition) is 8. The predicted octanol–water partition coefficient (Wildman–Crippen LogP) is -1.45. The van der Waals surface area contributed by atoms with Crippen LogP contribution in [0, 0.1) is 0 Å². The lowest BCUT2D eigenvalue weighted by molar-refractivity contribution is -0.150. The molecule has 3 amide bonds. The van der Waals surface area contributed by atoms with Crippen molar-refractivity contribution in [1.82, 2.24) is 15.5 Å². The monoisotopic (exact) mass is 508 g/mol. The van der Waals surface area contributed by atoms with Gasteiger partial charge in [0.1, 0.15) is 23.9 Å². The first-order valence-electron chi connectivity index (χ1n) is 11.5. The maximum atomic E-state index is 13.0. The molecule has 5 unspecified atom stereocenters. The molecular formula is C23H32N4O9. The molecule has 0 radical (unpaired) electrons. The molecule has 5 atom stereocenters. The van der Waals surface area contributed by atoms with Gasteiger partial charge < -0.3 is 41.7 Å². The Morgan fingerprint density at radius 1 is 1.08 bits per heavy atom. The van der Waals surface area contributed by atoms with Crippen LogP contribution in [0.2, 0.25) is 0 Å². The highest BCUT2D eigenvalue weighted by Gasteiger charge is 2.39. The van der Waals surface area contributed by atoms with E-state index in [0.29, 0.717) is 12.0 Å². The lowest BCUT2D eigenvalue weighted by Crippen LogP contribution is -2.60. The van der Waals surface area contributed by atoms with Gasteiger partial charge in [-0.05, 0) is 50.3 Å². The van der Waals surface area contributed by atoms with Crippen molar-refractivity contribution in [2.75, 3.05) is 6.54 Å². The number of carbonyl (C=O) groups excluding carboxylic acids is 3. The number of carboxylic acid groups (broad SMARTS) is 2. The van der Waals surface area contributed by atoms with Gasteiger partial charge in [-0.25, -0.2) is 4.79 Å². The number of nitrogens with zero attached hydrogens (tertiary/aromatic N) is 1. The van der Waals surface area contributed by atoms with Crippen LogP contribution in [-0.4, -0.2) is 91.8 Å². The molecule has 0 spiro atoms. The van der Waals surface area contributed by atoms with E-state index in [-0.39, 0.29) is 31.6 Å². The number of likely N-dealkylation sites (tertiary alicyclic amines) is 1. The molecule has 8 N–H and O–H groups in total. The number of phenolic OH excluding ortho intramolecular Hbond substituents is 1. The van der Waals surface area contributed by atoms with E-state index >= 15 is 0 Å². The maximum absolute atomic E-state index is 13.0. The molecule has 1 heterocycles. The van der Waals surface area contributed by atoms with Crippen molar-refractivity contribution in [1.29, 1.82) is 0 Å². The Bertz CT molecular complexity index is 967. The Labute approximate surface area is 207 Å². The second kappa shape index (κ2) is 12.8. The highest BCUT2D eigenvalue weighted by atomic mass is 16.4. The van der Waals surface area contributed by atoms with E-state index in [0.717, 1.165) is 4.90 Å². The summed E-state index contributed by atoms with van der Waals surface area (Å²) in [5.41, 5.74) is 6.57. The lowest BCUT2D eigenvalue weighted by Gasteiger charge is -2.29. The first kappa shape index (κ1) is 28.5. The minimum Gasteiger partial charge on any atom is -0.508 e. The summed E-state index contributed by atoms with van der Waals surface area (Å²) in [4.78, 5) is 62.2. The molecule has 13 nitrogen and oxygen atoms in total. The third kappa shape index (κ3) is 7.92. The Hall–Kier alpha value is -3.71. The number of benzene rings is 1. The largest absolute Gasteiger partial charge is 0.508 e. The third-order valence-corrected chi connectivity index (χ3v) is 5.87. The van der Waals surface area contributed by atoms with Crippen LogP contribution in [0.3, 0.4) is 0 Å². The molecule has 0 bridgehead atoms. The Morgan fingerprint density at radius 2 is 1.72 bits per heavy atom. The summed E-state index contributed by atoms with van der Waals surface area (Å²) in [5.74, 6) is -4.86. The third-order valence-electron chi connectivity index (χ3n) is 5.87. The average Bonchev–Trinajstić information content (AvgIpc) is 3.31. The fraction of sp³-hybridized carbons (Fsp3) is 0.522. The van der Waals surface area contributed by atoms with Gasteiger partial charge in [0, 0.05) is 13.0 Å². The number of amides is 3. The number of aliphatic hydroxyl groups is 1. The van der Waals surface area contributed by atoms with E-state index < -0.39 is 66.4 Å². The van der Waals surface area contributed by atoms with E-state index in [1.54, 1.807) is 12.1 Å². The lowest BCUT2D eigenvalue weighted by atomic mass is 10.0. The Kier molecular flexibility index (Phi) is 10.2. The molecule has 1 aliphatic rings. The summed E-state index contributed by atoms with van der Waals surface area (Å²) < 4.78 is 0. The summed E-state index contributed by atoms with van der Waals surface area (Å²) in [7, 11) is 0. The van der Waals surface area contributed by atoms with Gasteiger partial charge >= 0.3 is 11.9 Å². The highest BCUT2D eigenvalue weighted by Crippen LogP contribution is 2.20. The highest BCUT2D eigenvalue weighted by molar-refractivity contribution is 5.94. The molecule has 1 saturated heterocycles. The van der Waals surface area contributed by atoms with Gasteiger partial charge in [0.15, 0.2) is 0 Å². The van der Waals surface area contributed by atoms with Crippen LogP contribution in [0.4, 0.5) is 0 Å². The van der Waals surface area contributed by atoms with Gasteiger partial charge in [-0.15, -0.1) is 0 Å². The molecule has 1 aromatic rings. The van der Waals surface area contributed by atoms with Crippen LogP contribution in [-0.2, 0) is 30.4 Å². The number of carbonyl (C=O) groups is 5. The van der Waals surface area contributed by atoms with E-state index in [1.807, 2.05) is 0 Å². The molecule has 1 aliphatic heterocycles. The van der Waals surface area contributed by atoms with Gasteiger partial charge in [-0.3, -0.25) is 19.2 Å². The minimum absolute atomic E-state index is 0.0400. The summed E-state index contributed by atoms with van der Waals surface area (Å²) in [5, 5.41) is 42.6. The number of carboxylic acids is 2. The fourth-order valence-corrected chi connectivity index (χ4v) is 3.92. The molecule has 1 aromatic carbocycles. The van der Waals surface area contributed by atoms with Crippen molar-refractivity contribution in [2.24, 2.45) is 5.73 Å². The molecule has 0 saturated carbocycles. The van der Waals surface area contributed by atoms with Crippen LogP contribution in [0.15, 0.2) is 24.3 Å². The first-order valence-corrected chi connectivity index (χ1v) is 11.5. The van der Waals surface area contributed by atoms with Gasteiger partial charge in [0.05, 0.1) is 12.1 Å². The molecule has 1 fully saturated rings. The van der Waals surface area contributed by atoms with Gasteiger partial charge in [0.2, 0.25) is 17.7 Å². The van der Waals surface area contributed by atoms with Crippen molar-refractivity contribution < 1.29 is 44.4 Å². The van der Waals surface area contributed by atoms with Crippen molar-refractivity contribution in [3.8, 4) is 5.75 Å². The van der Waals surface area contributed by atoms with E-state index in [1.165, 1.54) is 19.1 Å². The van der Waals surface area contributed by atoms with Crippen LogP contribution < -0.4 is 16.4 Å². The van der Waals surface area contributed by atoms with Crippen molar-refractivity contribution in [3.05, 3.63) is 29.8 Å². The predicted molar refractivity (Wildman–Crippen MR) is 125 cm³/mol. The quantitative estimate of drug-likeness (QED) is 0.174. The summed E-state index contributed by atoms with van der Waals surface area (Å²) in [6, 6.07) is 0.909. The molecule has 13 heteroatoms. The zero-order chi connectivity index (χ0) is 27.0. The first-order chi connectivity index (χ1) is 16.9. The number of nitrogens with two attached hydrogens (primary N) is 1. The van der Waals surface area contributed by atoms with Crippen molar-refractivity contribution in [2.45, 2.75) is 69.3 Å². The van der Waals surface area contributed by atoms with E-state index in [4.69, 9.17) is 10.8 Å². The molecule has 0 aromatic heterocycles. The van der Waals surface area contributed by atoms with E-state index in [2.05, 4.69) is 10.6 Å². The smallest absolute Gasteiger partial charge is 0.326 e. The van der Waals surface area contributed by atoms with Crippen LogP contribution in [0.25, 0.3) is 0 Å². The second-order valence-corrected chi connectivity index (χ2v) is 8.73. The molecule has 36 heavy (non-hydrogen) atoms. The Morgan fingerprint density at radius 3 is 2.28 bits per heavy atom. The molecule has 198 valence electrons. The molecular weight excluding hydrogens is 476 g/mol. The SMILES string of the molecule is CC(O)C(NC(=O)C(N)Cc1ccc(O)cc1)C(=O)NC(CCC(=O)O)C(=O)N1CCCC1C(=O)O. The van der Waals surface area contributed by atoms with Crippen molar-refractivity contribution in [3.63, 3.8) is 0 Å². The van der Waals surface area contributed by atoms with Gasteiger partial charge in [-0.2, -0.15) is 0 Å². The Balaban J connectivity index is 2.11. The standard InChI is InChI=1S/C23H32N4O9/c1-12(28)19(26-20(32)15(24)11-13-4-6-14(29)7-5-13)21(33)25-16(8-9-18(30)31)22(34)27-10-2-3-17(27)23(35)36/h4-7,12,15-17,19,28-29H,2-3,8-11,24H2,1H3,(H,25,33)(H,26,32)(H,30,31)(H,35,36). The van der Waals surface area contributed by atoms with Crippen molar-refractivity contribution >= 4 is 29.7 Å². The normalized spacial score (nSPS) is 18.5. The summed E-state index contributed by atoms with van der Waals surface area (Å²) in [6.45, 7) is 1.38.